The van der Waals surface area contributed by atoms with Gasteiger partial charge in [0.25, 0.3) is 11.8 Å². The number of imide groups is 2. The average Bonchev–Trinajstić information content (AvgIpc) is 3.46. The Labute approximate surface area is 279 Å². The number of amides is 4. The van der Waals surface area contributed by atoms with Crippen LogP contribution in [0.3, 0.4) is 0 Å². The first-order valence-electron chi connectivity index (χ1n) is 16.4. The van der Waals surface area contributed by atoms with Crippen LogP contribution < -0.4 is 14.9 Å². The zero-order valence-corrected chi connectivity index (χ0v) is 27.4. The van der Waals surface area contributed by atoms with Crippen molar-refractivity contribution in [1.82, 2.24) is 9.91 Å². The van der Waals surface area contributed by atoms with Gasteiger partial charge in [-0.1, -0.05) is 66.6 Å². The molecule has 0 spiro atoms. The molecule has 3 fully saturated rings. The Kier molecular flexibility index (Phi) is 7.77. The van der Waals surface area contributed by atoms with Crippen molar-refractivity contribution in [2.45, 2.75) is 44.4 Å². The monoisotopic (exact) mass is 649 g/mol. The van der Waals surface area contributed by atoms with E-state index >= 15 is 4.79 Å². The standard InChI is InChI=1S/C38H39N3O7/c1-5-17-40-34(43)26-16-15-25-27(31(26)36(40)45)20-28-35(44)41(39-23-13-11-21(2)12-14-23)37(46)38(28,22-9-7-6-8-10-22)33(25)32-29(42)18-24(47-3)19-30(32)48-4/h6-15,18-19,26-28,31,33,39,42H,5,16-17,20H2,1-4H3. The molecule has 6 atom stereocenters. The van der Waals surface area contributed by atoms with Crippen LogP contribution in [0.25, 0.3) is 0 Å². The minimum atomic E-state index is -1.53. The van der Waals surface area contributed by atoms with Crippen LogP contribution in [0.15, 0.2) is 78.4 Å². The fourth-order valence-corrected chi connectivity index (χ4v) is 8.73. The van der Waals surface area contributed by atoms with Crippen LogP contribution in [0, 0.1) is 30.6 Å². The van der Waals surface area contributed by atoms with E-state index in [4.69, 9.17) is 9.47 Å². The number of nitrogens with zero attached hydrogens (tertiary/aromatic N) is 2. The molecule has 248 valence electrons. The molecule has 2 aliphatic heterocycles. The van der Waals surface area contributed by atoms with Crippen molar-refractivity contribution in [3.63, 3.8) is 0 Å². The quantitative estimate of drug-likeness (QED) is 0.255. The van der Waals surface area contributed by atoms with E-state index in [9.17, 15) is 19.5 Å². The molecule has 1 saturated carbocycles. The highest BCUT2D eigenvalue weighted by Gasteiger charge is 2.71. The normalized spacial score (nSPS) is 27.8. The van der Waals surface area contributed by atoms with Gasteiger partial charge in [0.05, 0.1) is 43.1 Å². The number of fused-ring (bicyclic) bond motifs is 4. The van der Waals surface area contributed by atoms with Crippen molar-refractivity contribution in [3.8, 4) is 17.2 Å². The molecule has 0 aromatic heterocycles. The molecule has 3 aromatic carbocycles. The topological polar surface area (TPSA) is 125 Å². The van der Waals surface area contributed by atoms with Gasteiger partial charge < -0.3 is 14.6 Å². The molecule has 48 heavy (non-hydrogen) atoms. The van der Waals surface area contributed by atoms with Gasteiger partial charge in [0.2, 0.25) is 11.8 Å². The summed E-state index contributed by atoms with van der Waals surface area (Å²) in [7, 11) is 2.96. The number of phenols is 1. The fourth-order valence-electron chi connectivity index (χ4n) is 8.73. The molecule has 0 bridgehead atoms. The van der Waals surface area contributed by atoms with E-state index in [1.54, 1.807) is 18.2 Å². The minimum absolute atomic E-state index is 0.166. The summed E-state index contributed by atoms with van der Waals surface area (Å²) in [6.45, 7) is 4.20. The Morgan fingerprint density at radius 1 is 0.917 bits per heavy atom. The largest absolute Gasteiger partial charge is 0.507 e. The number of phenolic OH excluding ortho intramolecular Hbond substituents is 1. The van der Waals surface area contributed by atoms with E-state index in [0.29, 0.717) is 42.0 Å². The lowest BCUT2D eigenvalue weighted by atomic mass is 9.49. The number of aromatic hydroxyl groups is 1. The number of ether oxygens (including phenoxy) is 2. The molecule has 4 amide bonds. The molecule has 10 nitrogen and oxygen atoms in total. The number of benzene rings is 3. The predicted octanol–water partition coefficient (Wildman–Crippen LogP) is 5.11. The Morgan fingerprint density at radius 3 is 2.31 bits per heavy atom. The van der Waals surface area contributed by atoms with Crippen LogP contribution in [0.2, 0.25) is 0 Å². The summed E-state index contributed by atoms with van der Waals surface area (Å²) in [5.41, 5.74) is 4.82. The van der Waals surface area contributed by atoms with Gasteiger partial charge in [0.1, 0.15) is 17.2 Å². The molecular weight excluding hydrogens is 610 g/mol. The second kappa shape index (κ2) is 11.8. The third-order valence-corrected chi connectivity index (χ3v) is 10.8. The molecule has 4 aliphatic rings. The first kappa shape index (κ1) is 31.5. The third-order valence-electron chi connectivity index (χ3n) is 10.8. The van der Waals surface area contributed by atoms with E-state index in [-0.39, 0.29) is 29.7 Å². The molecule has 10 heteroatoms. The summed E-state index contributed by atoms with van der Waals surface area (Å²) in [5.74, 6) is -4.52. The lowest BCUT2D eigenvalue weighted by Gasteiger charge is -2.50. The summed E-state index contributed by atoms with van der Waals surface area (Å²) in [4.78, 5) is 59.0. The molecule has 2 N–H and O–H groups in total. The van der Waals surface area contributed by atoms with Gasteiger partial charge in [-0.25, -0.2) is 0 Å². The zero-order valence-electron chi connectivity index (χ0n) is 27.4. The number of rotatable bonds is 8. The predicted molar refractivity (Wildman–Crippen MR) is 177 cm³/mol. The second-order valence-corrected chi connectivity index (χ2v) is 13.2. The Bertz CT molecular complexity index is 1840. The maximum absolute atomic E-state index is 15.3. The molecule has 7 rings (SSSR count). The summed E-state index contributed by atoms with van der Waals surface area (Å²) >= 11 is 0. The van der Waals surface area contributed by atoms with Gasteiger partial charge in [0, 0.05) is 30.2 Å². The Morgan fingerprint density at radius 2 is 1.65 bits per heavy atom. The second-order valence-electron chi connectivity index (χ2n) is 13.2. The Hall–Kier alpha value is -5.12. The summed E-state index contributed by atoms with van der Waals surface area (Å²) in [5, 5.41) is 12.9. The van der Waals surface area contributed by atoms with E-state index < -0.39 is 46.8 Å². The molecule has 6 unspecified atom stereocenters. The number of carbonyl (C=O) groups is 4. The maximum Gasteiger partial charge on any atom is 0.260 e. The van der Waals surface area contributed by atoms with Crippen molar-refractivity contribution < 1.29 is 33.8 Å². The van der Waals surface area contributed by atoms with E-state index in [2.05, 4.69) is 5.43 Å². The van der Waals surface area contributed by atoms with Crippen molar-refractivity contribution in [2.24, 2.45) is 23.7 Å². The summed E-state index contributed by atoms with van der Waals surface area (Å²) < 4.78 is 11.3. The van der Waals surface area contributed by atoms with E-state index in [0.717, 1.165) is 16.1 Å². The van der Waals surface area contributed by atoms with E-state index in [1.165, 1.54) is 25.2 Å². The van der Waals surface area contributed by atoms with Crippen molar-refractivity contribution in [3.05, 3.63) is 95.1 Å². The van der Waals surface area contributed by atoms with Crippen molar-refractivity contribution in [1.29, 1.82) is 0 Å². The number of aryl methyl sites for hydroxylation is 1. The number of allylic oxidation sites excluding steroid dienone is 2. The first-order chi connectivity index (χ1) is 23.2. The number of anilines is 1. The number of hydrazine groups is 1. The highest BCUT2D eigenvalue weighted by Crippen LogP contribution is 2.66. The Balaban J connectivity index is 1.49. The van der Waals surface area contributed by atoms with Gasteiger partial charge >= 0.3 is 0 Å². The van der Waals surface area contributed by atoms with Crippen molar-refractivity contribution in [2.75, 3.05) is 26.2 Å². The van der Waals surface area contributed by atoms with Crippen molar-refractivity contribution >= 4 is 29.3 Å². The minimum Gasteiger partial charge on any atom is -0.507 e. The maximum atomic E-state index is 15.3. The number of methoxy groups -OCH3 is 2. The van der Waals surface area contributed by atoms with Crippen LogP contribution in [0.4, 0.5) is 5.69 Å². The molecule has 2 saturated heterocycles. The number of hydrogen-bond acceptors (Lipinski definition) is 8. The van der Waals surface area contributed by atoms with Crippen LogP contribution >= 0.6 is 0 Å². The van der Waals surface area contributed by atoms with Gasteiger partial charge in [-0.15, -0.1) is 0 Å². The first-order valence-corrected chi connectivity index (χ1v) is 16.4. The van der Waals surface area contributed by atoms with Gasteiger partial charge in [0.15, 0.2) is 0 Å². The lowest BCUT2D eigenvalue weighted by molar-refractivity contribution is -0.141. The van der Waals surface area contributed by atoms with Crippen LogP contribution in [0.1, 0.15) is 48.8 Å². The van der Waals surface area contributed by atoms with Gasteiger partial charge in [-0.3, -0.25) is 29.5 Å². The summed E-state index contributed by atoms with van der Waals surface area (Å²) in [6.07, 6.45) is 3.08. The van der Waals surface area contributed by atoms with E-state index in [1.807, 2.05) is 62.4 Å². The molecule has 3 aromatic rings. The average molecular weight is 650 g/mol. The number of carbonyl (C=O) groups excluding carboxylic acids is 4. The fraction of sp³-hybridized carbons (Fsp3) is 0.368. The summed E-state index contributed by atoms with van der Waals surface area (Å²) in [6, 6.07) is 19.7. The molecular formula is C38H39N3O7. The van der Waals surface area contributed by atoms with Crippen LogP contribution in [0.5, 0.6) is 17.2 Å². The zero-order chi connectivity index (χ0) is 33.9. The number of hydrogen-bond donors (Lipinski definition) is 2. The molecule has 2 aliphatic carbocycles. The SMILES string of the molecule is CCCN1C(=O)C2CC=C3C(CC4C(=O)N(Nc5ccc(C)cc5)C(=O)C4(c4ccccc4)C3c3c(O)cc(OC)cc3OC)C2C1=O. The highest BCUT2D eigenvalue weighted by molar-refractivity contribution is 6.13. The van der Waals surface area contributed by atoms with Crippen LogP contribution in [-0.4, -0.2) is 59.4 Å². The molecule has 0 radical (unpaired) electrons. The number of nitrogens with one attached hydrogen (secondary N) is 1. The van der Waals surface area contributed by atoms with Crippen LogP contribution in [-0.2, 0) is 24.6 Å². The third kappa shape index (κ3) is 4.45. The molecule has 2 heterocycles. The smallest absolute Gasteiger partial charge is 0.260 e. The lowest BCUT2D eigenvalue weighted by Crippen LogP contribution is -2.53. The van der Waals surface area contributed by atoms with Gasteiger partial charge in [-0.2, -0.15) is 5.01 Å². The van der Waals surface area contributed by atoms with Gasteiger partial charge in [-0.05, 0) is 49.8 Å². The highest BCUT2D eigenvalue weighted by atomic mass is 16.5. The number of likely N-dealkylation sites (tertiary alicyclic amines) is 1.